The Morgan fingerprint density at radius 3 is 2.91 bits per heavy atom. The Morgan fingerprint density at radius 2 is 2.13 bits per heavy atom. The number of ether oxygens (including phenoxy) is 1. The van der Waals surface area contributed by atoms with Crippen molar-refractivity contribution in [3.8, 4) is 5.75 Å². The molecule has 1 aliphatic carbocycles. The molecule has 0 bridgehead atoms. The molecule has 1 atom stereocenters. The molecule has 0 saturated heterocycles. The minimum atomic E-state index is -0.253. The largest absolute Gasteiger partial charge is 0.484 e. The third kappa shape index (κ3) is 3.23. The molecule has 1 aromatic carbocycles. The highest BCUT2D eigenvalue weighted by molar-refractivity contribution is 5.83. The van der Waals surface area contributed by atoms with E-state index in [1.54, 1.807) is 6.07 Å². The van der Waals surface area contributed by atoms with Crippen LogP contribution in [-0.4, -0.2) is 18.6 Å². The number of rotatable bonds is 5. The lowest BCUT2D eigenvalue weighted by Crippen LogP contribution is -2.35. The number of hydrogen-bond donors (Lipinski definition) is 1. The summed E-state index contributed by atoms with van der Waals surface area (Å²) in [4.78, 5) is 23.7. The fourth-order valence-electron chi connectivity index (χ4n) is 2.92. The number of hydrogen-bond acceptors (Lipinski definition) is 4. The van der Waals surface area contributed by atoms with E-state index in [2.05, 4.69) is 5.32 Å². The zero-order chi connectivity index (χ0) is 16.4. The van der Waals surface area contributed by atoms with Crippen molar-refractivity contribution in [1.82, 2.24) is 5.32 Å². The summed E-state index contributed by atoms with van der Waals surface area (Å²) in [5, 5.41) is 3.81. The molecule has 1 amide bonds. The quantitative estimate of drug-likeness (QED) is 0.861. The van der Waals surface area contributed by atoms with Crippen LogP contribution < -0.4 is 15.7 Å². The van der Waals surface area contributed by atoms with Gasteiger partial charge in [0.25, 0.3) is 5.91 Å². The second-order valence-electron chi connectivity index (χ2n) is 6.02. The van der Waals surface area contributed by atoms with Gasteiger partial charge in [0.2, 0.25) is 0 Å². The van der Waals surface area contributed by atoms with Gasteiger partial charge in [0, 0.05) is 23.1 Å². The second kappa shape index (κ2) is 6.44. The Hall–Kier alpha value is -2.30. The Labute approximate surface area is 134 Å². The first kappa shape index (κ1) is 15.6. The zero-order valence-corrected chi connectivity index (χ0v) is 13.5. The molecule has 1 aromatic heterocycles. The van der Waals surface area contributed by atoms with Gasteiger partial charge in [-0.25, -0.2) is 4.79 Å². The average Bonchev–Trinajstić information content (AvgIpc) is 3.03. The fourth-order valence-corrected chi connectivity index (χ4v) is 2.92. The normalized spacial score (nSPS) is 14.5. The summed E-state index contributed by atoms with van der Waals surface area (Å²) >= 11 is 0. The molecular formula is C18H21NO4. The van der Waals surface area contributed by atoms with Gasteiger partial charge in [0.1, 0.15) is 11.3 Å². The number of carbonyl (C=O) groups is 1. The summed E-state index contributed by atoms with van der Waals surface area (Å²) in [6.45, 7) is 3.91. The molecular weight excluding hydrogens is 294 g/mol. The summed E-state index contributed by atoms with van der Waals surface area (Å²) in [7, 11) is 0. The van der Waals surface area contributed by atoms with Gasteiger partial charge >= 0.3 is 5.63 Å². The standard InChI is InChI=1S/C18H21NO4/c1-3-11(2)19-17(20)10-22-12-7-8-14-13-5-4-6-15(13)18(21)23-16(14)9-12/h7-9,11H,3-6,10H2,1-2H3,(H,19,20). The van der Waals surface area contributed by atoms with Crippen LogP contribution in [0.3, 0.4) is 0 Å². The van der Waals surface area contributed by atoms with Crippen molar-refractivity contribution in [2.45, 2.75) is 45.6 Å². The summed E-state index contributed by atoms with van der Waals surface area (Å²) < 4.78 is 10.9. The number of aryl methyl sites for hydroxylation is 1. The van der Waals surface area contributed by atoms with E-state index in [0.29, 0.717) is 11.3 Å². The lowest BCUT2D eigenvalue weighted by Gasteiger charge is -2.12. The second-order valence-corrected chi connectivity index (χ2v) is 6.02. The van der Waals surface area contributed by atoms with Gasteiger partial charge in [-0.15, -0.1) is 0 Å². The number of nitrogens with one attached hydrogen (secondary N) is 1. The summed E-state index contributed by atoms with van der Waals surface area (Å²) in [5.41, 5.74) is 2.17. The molecule has 1 aliphatic rings. The molecule has 0 saturated carbocycles. The number of carbonyl (C=O) groups excluding carboxylic acids is 1. The molecule has 2 aromatic rings. The minimum absolute atomic E-state index is 0.0506. The van der Waals surface area contributed by atoms with Crippen molar-refractivity contribution in [1.29, 1.82) is 0 Å². The smallest absolute Gasteiger partial charge is 0.339 e. The van der Waals surface area contributed by atoms with E-state index >= 15 is 0 Å². The van der Waals surface area contributed by atoms with Gasteiger partial charge in [-0.3, -0.25) is 4.79 Å². The Morgan fingerprint density at radius 1 is 1.35 bits per heavy atom. The minimum Gasteiger partial charge on any atom is -0.484 e. The van der Waals surface area contributed by atoms with Gasteiger partial charge in [0.15, 0.2) is 6.61 Å². The molecule has 1 N–H and O–H groups in total. The molecule has 5 heteroatoms. The van der Waals surface area contributed by atoms with Crippen molar-refractivity contribution >= 4 is 16.9 Å². The number of amides is 1. The maximum absolute atomic E-state index is 12.0. The van der Waals surface area contributed by atoms with Gasteiger partial charge in [0.05, 0.1) is 0 Å². The maximum Gasteiger partial charge on any atom is 0.339 e. The lowest BCUT2D eigenvalue weighted by molar-refractivity contribution is -0.123. The SMILES string of the molecule is CCC(C)NC(=O)COc1ccc2c3c(c(=O)oc2c1)CCC3. The molecule has 0 radical (unpaired) electrons. The van der Waals surface area contributed by atoms with E-state index in [4.69, 9.17) is 9.15 Å². The van der Waals surface area contributed by atoms with E-state index < -0.39 is 0 Å². The predicted octanol–water partition coefficient (Wildman–Crippen LogP) is 2.58. The summed E-state index contributed by atoms with van der Waals surface area (Å²) in [6.07, 6.45) is 3.57. The van der Waals surface area contributed by atoms with Crippen molar-refractivity contribution in [2.24, 2.45) is 0 Å². The van der Waals surface area contributed by atoms with Crippen molar-refractivity contribution < 1.29 is 13.9 Å². The topological polar surface area (TPSA) is 68.5 Å². The summed E-state index contributed by atoms with van der Waals surface area (Å²) in [6, 6.07) is 5.54. The lowest BCUT2D eigenvalue weighted by atomic mass is 10.1. The Bertz CT molecular complexity index is 793. The predicted molar refractivity (Wildman–Crippen MR) is 87.9 cm³/mol. The third-order valence-corrected chi connectivity index (χ3v) is 4.33. The van der Waals surface area contributed by atoms with E-state index in [0.717, 1.165) is 42.2 Å². The van der Waals surface area contributed by atoms with E-state index in [9.17, 15) is 9.59 Å². The fraction of sp³-hybridized carbons (Fsp3) is 0.444. The van der Waals surface area contributed by atoms with Crippen molar-refractivity contribution in [3.05, 3.63) is 39.7 Å². The van der Waals surface area contributed by atoms with Crippen LogP contribution in [-0.2, 0) is 17.6 Å². The molecule has 0 aliphatic heterocycles. The van der Waals surface area contributed by atoms with Crippen LogP contribution in [0.2, 0.25) is 0 Å². The molecule has 0 spiro atoms. The molecule has 122 valence electrons. The van der Waals surface area contributed by atoms with Crippen LogP contribution in [0.15, 0.2) is 27.4 Å². The van der Waals surface area contributed by atoms with E-state index in [1.165, 1.54) is 0 Å². The first-order chi connectivity index (χ1) is 11.1. The Balaban J connectivity index is 1.77. The van der Waals surface area contributed by atoms with Crippen LogP contribution >= 0.6 is 0 Å². The van der Waals surface area contributed by atoms with Crippen molar-refractivity contribution in [2.75, 3.05) is 6.61 Å². The van der Waals surface area contributed by atoms with Gasteiger partial charge < -0.3 is 14.5 Å². The monoisotopic (exact) mass is 315 g/mol. The van der Waals surface area contributed by atoms with E-state index in [-0.39, 0.29) is 24.2 Å². The average molecular weight is 315 g/mol. The van der Waals surface area contributed by atoms with Gasteiger partial charge in [-0.2, -0.15) is 0 Å². The van der Waals surface area contributed by atoms with Crippen LogP contribution in [0, 0.1) is 0 Å². The maximum atomic E-state index is 12.0. The third-order valence-electron chi connectivity index (χ3n) is 4.33. The number of fused-ring (bicyclic) bond motifs is 3. The van der Waals surface area contributed by atoms with E-state index in [1.807, 2.05) is 26.0 Å². The Kier molecular flexibility index (Phi) is 4.37. The molecule has 5 nitrogen and oxygen atoms in total. The molecule has 23 heavy (non-hydrogen) atoms. The van der Waals surface area contributed by atoms with Crippen LogP contribution in [0.4, 0.5) is 0 Å². The van der Waals surface area contributed by atoms with Crippen molar-refractivity contribution in [3.63, 3.8) is 0 Å². The highest BCUT2D eigenvalue weighted by Gasteiger charge is 2.19. The molecule has 0 fully saturated rings. The number of benzene rings is 1. The first-order valence-electron chi connectivity index (χ1n) is 8.09. The van der Waals surface area contributed by atoms with Crippen LogP contribution in [0.5, 0.6) is 5.75 Å². The molecule has 1 unspecified atom stereocenters. The molecule has 1 heterocycles. The zero-order valence-electron chi connectivity index (χ0n) is 13.5. The van der Waals surface area contributed by atoms with Crippen LogP contribution in [0.1, 0.15) is 37.8 Å². The highest BCUT2D eigenvalue weighted by atomic mass is 16.5. The van der Waals surface area contributed by atoms with Crippen LogP contribution in [0.25, 0.3) is 11.0 Å². The molecule has 3 rings (SSSR count). The van der Waals surface area contributed by atoms with Gasteiger partial charge in [-0.05, 0) is 50.3 Å². The first-order valence-corrected chi connectivity index (χ1v) is 8.09. The van der Waals surface area contributed by atoms with Gasteiger partial charge in [-0.1, -0.05) is 6.92 Å². The summed E-state index contributed by atoms with van der Waals surface area (Å²) in [5.74, 6) is 0.368. The highest BCUT2D eigenvalue weighted by Crippen LogP contribution is 2.29.